The third-order valence-electron chi connectivity index (χ3n) is 3.22. The van der Waals surface area contributed by atoms with Crippen molar-refractivity contribution in [3.05, 3.63) is 35.9 Å². The van der Waals surface area contributed by atoms with Gasteiger partial charge in [0.1, 0.15) is 6.61 Å². The van der Waals surface area contributed by atoms with Crippen molar-refractivity contribution in [1.29, 1.82) is 0 Å². The normalized spacial score (nSPS) is 19.3. The summed E-state index contributed by atoms with van der Waals surface area (Å²) in [5.41, 5.74) is 0.905. The van der Waals surface area contributed by atoms with Gasteiger partial charge in [0.2, 0.25) is 0 Å². The highest BCUT2D eigenvalue weighted by atomic mass is 32.2. The molecule has 1 aliphatic rings. The number of rotatable bonds is 4. The Morgan fingerprint density at radius 2 is 2.10 bits per heavy atom. The van der Waals surface area contributed by atoms with Crippen molar-refractivity contribution in [2.24, 2.45) is 5.14 Å². The second kappa shape index (κ2) is 6.88. The van der Waals surface area contributed by atoms with Crippen LogP contribution in [0.2, 0.25) is 0 Å². The number of nitrogens with one attached hydrogen (secondary N) is 1. The van der Waals surface area contributed by atoms with Crippen molar-refractivity contribution >= 4 is 16.3 Å². The van der Waals surface area contributed by atoms with Gasteiger partial charge in [-0.25, -0.2) is 9.93 Å². The van der Waals surface area contributed by atoms with E-state index in [9.17, 15) is 13.2 Å². The van der Waals surface area contributed by atoms with E-state index in [-0.39, 0.29) is 19.2 Å². The fourth-order valence-electron chi connectivity index (χ4n) is 2.28. The highest BCUT2D eigenvalue weighted by Gasteiger charge is 2.26. The summed E-state index contributed by atoms with van der Waals surface area (Å²) in [7, 11) is -3.76. The number of ether oxygens (including phenoxy) is 1. The molecule has 0 saturated carbocycles. The van der Waals surface area contributed by atoms with Gasteiger partial charge in [0.05, 0.1) is 0 Å². The number of nitrogens with zero attached hydrogens (tertiary/aromatic N) is 1. The largest absolute Gasteiger partial charge is 0.445 e. The van der Waals surface area contributed by atoms with Crippen LogP contribution in [0, 0.1) is 0 Å². The maximum Gasteiger partial charge on any atom is 0.410 e. The molecule has 1 heterocycles. The van der Waals surface area contributed by atoms with E-state index in [1.165, 1.54) is 4.90 Å². The Morgan fingerprint density at radius 3 is 2.76 bits per heavy atom. The van der Waals surface area contributed by atoms with Crippen molar-refractivity contribution in [2.45, 2.75) is 25.5 Å². The SMILES string of the molecule is NS(=O)(=O)NC1CCCN(C(=O)OCc2ccccc2)C1. The van der Waals surface area contributed by atoms with Crippen molar-refractivity contribution in [2.75, 3.05) is 13.1 Å². The number of likely N-dealkylation sites (tertiary alicyclic amines) is 1. The predicted octanol–water partition coefficient (Wildman–Crippen LogP) is 0.581. The zero-order valence-electron chi connectivity index (χ0n) is 11.6. The van der Waals surface area contributed by atoms with Crippen LogP contribution < -0.4 is 9.86 Å². The molecule has 1 saturated heterocycles. The van der Waals surface area contributed by atoms with E-state index in [1.54, 1.807) is 0 Å². The molecule has 3 N–H and O–H groups in total. The van der Waals surface area contributed by atoms with E-state index in [2.05, 4.69) is 4.72 Å². The number of amides is 1. The van der Waals surface area contributed by atoms with Crippen molar-refractivity contribution < 1.29 is 17.9 Å². The lowest BCUT2D eigenvalue weighted by Gasteiger charge is -2.31. The van der Waals surface area contributed by atoms with Crippen LogP contribution in [-0.4, -0.2) is 38.5 Å². The van der Waals surface area contributed by atoms with Crippen LogP contribution >= 0.6 is 0 Å². The van der Waals surface area contributed by atoms with Crippen LogP contribution in [0.15, 0.2) is 30.3 Å². The van der Waals surface area contributed by atoms with E-state index >= 15 is 0 Å². The first-order valence-electron chi connectivity index (χ1n) is 6.70. The fourth-order valence-corrected chi connectivity index (χ4v) is 2.94. The lowest BCUT2D eigenvalue weighted by Crippen LogP contribution is -2.51. The van der Waals surface area contributed by atoms with Crippen molar-refractivity contribution in [3.63, 3.8) is 0 Å². The average Bonchev–Trinajstić information content (AvgIpc) is 2.44. The van der Waals surface area contributed by atoms with Crippen molar-refractivity contribution in [3.8, 4) is 0 Å². The van der Waals surface area contributed by atoms with Gasteiger partial charge >= 0.3 is 6.09 Å². The second-order valence-corrected chi connectivity index (χ2v) is 6.31. The minimum atomic E-state index is -3.76. The molecule has 0 aromatic heterocycles. The number of hydrogen-bond acceptors (Lipinski definition) is 4. The number of hydrogen-bond donors (Lipinski definition) is 2. The number of nitrogens with two attached hydrogens (primary N) is 1. The molecule has 116 valence electrons. The van der Waals surface area contributed by atoms with Gasteiger partial charge in [-0.3, -0.25) is 0 Å². The lowest BCUT2D eigenvalue weighted by molar-refractivity contribution is 0.0850. The molecule has 0 radical (unpaired) electrons. The van der Waals surface area contributed by atoms with Gasteiger partial charge < -0.3 is 9.64 Å². The smallest absolute Gasteiger partial charge is 0.410 e. The molecule has 1 aliphatic heterocycles. The Balaban J connectivity index is 1.84. The zero-order chi connectivity index (χ0) is 15.3. The van der Waals surface area contributed by atoms with E-state index in [4.69, 9.17) is 9.88 Å². The molecule has 21 heavy (non-hydrogen) atoms. The summed E-state index contributed by atoms with van der Waals surface area (Å²) in [6.45, 7) is 1.02. The van der Waals surface area contributed by atoms with Crippen LogP contribution in [0.1, 0.15) is 18.4 Å². The van der Waals surface area contributed by atoms with Gasteiger partial charge in [-0.2, -0.15) is 13.1 Å². The Labute approximate surface area is 124 Å². The molecule has 0 aliphatic carbocycles. The predicted molar refractivity (Wildman–Crippen MR) is 77.5 cm³/mol. The fraction of sp³-hybridized carbons (Fsp3) is 0.462. The number of carbonyl (C=O) groups excluding carboxylic acids is 1. The Kier molecular flexibility index (Phi) is 5.16. The summed E-state index contributed by atoms with van der Waals surface area (Å²) in [6.07, 6.45) is 0.909. The minimum absolute atomic E-state index is 0.198. The third-order valence-corrected chi connectivity index (χ3v) is 3.88. The van der Waals surface area contributed by atoms with Crippen LogP contribution in [0.5, 0.6) is 0 Å². The lowest BCUT2D eigenvalue weighted by atomic mass is 10.1. The van der Waals surface area contributed by atoms with Crippen LogP contribution in [0.4, 0.5) is 4.79 Å². The van der Waals surface area contributed by atoms with Gasteiger partial charge in [-0.1, -0.05) is 30.3 Å². The molecular formula is C13H19N3O4S. The molecule has 1 amide bonds. The highest BCUT2D eigenvalue weighted by molar-refractivity contribution is 7.87. The molecule has 0 bridgehead atoms. The summed E-state index contributed by atoms with van der Waals surface area (Å²) in [5.74, 6) is 0. The van der Waals surface area contributed by atoms with Crippen LogP contribution in [0.25, 0.3) is 0 Å². The number of carbonyl (C=O) groups is 1. The molecule has 0 spiro atoms. The quantitative estimate of drug-likeness (QED) is 0.849. The van der Waals surface area contributed by atoms with Crippen molar-refractivity contribution in [1.82, 2.24) is 9.62 Å². The summed E-state index contributed by atoms with van der Waals surface area (Å²) in [4.78, 5) is 13.5. The number of benzene rings is 1. The summed E-state index contributed by atoms with van der Waals surface area (Å²) in [5, 5.41) is 4.95. The first-order valence-corrected chi connectivity index (χ1v) is 8.24. The Morgan fingerprint density at radius 1 is 1.38 bits per heavy atom. The Hall–Kier alpha value is -1.64. The monoisotopic (exact) mass is 313 g/mol. The molecule has 1 fully saturated rings. The maximum atomic E-state index is 12.0. The molecule has 8 heteroatoms. The molecule has 1 unspecified atom stereocenters. The molecule has 1 aromatic rings. The molecule has 1 atom stereocenters. The maximum absolute atomic E-state index is 12.0. The van der Waals surface area contributed by atoms with Crippen LogP contribution in [0.3, 0.4) is 0 Å². The van der Waals surface area contributed by atoms with Gasteiger partial charge in [0.25, 0.3) is 10.2 Å². The first-order chi connectivity index (χ1) is 9.94. The first kappa shape index (κ1) is 15.7. The molecular weight excluding hydrogens is 294 g/mol. The summed E-state index contributed by atoms with van der Waals surface area (Å²) < 4.78 is 29.6. The Bertz CT molecular complexity index is 576. The van der Waals surface area contributed by atoms with E-state index in [1.807, 2.05) is 30.3 Å². The van der Waals surface area contributed by atoms with Gasteiger partial charge in [0, 0.05) is 19.1 Å². The topological polar surface area (TPSA) is 102 Å². The van der Waals surface area contributed by atoms with Gasteiger partial charge in [0.15, 0.2) is 0 Å². The third kappa shape index (κ3) is 5.33. The van der Waals surface area contributed by atoms with Gasteiger partial charge in [-0.05, 0) is 18.4 Å². The molecule has 2 rings (SSSR count). The standard InChI is InChI=1S/C13H19N3O4S/c14-21(18,19)15-12-7-4-8-16(9-12)13(17)20-10-11-5-2-1-3-6-11/h1-3,5-6,12,15H,4,7-10H2,(H2,14,18,19). The highest BCUT2D eigenvalue weighted by Crippen LogP contribution is 2.12. The summed E-state index contributed by atoms with van der Waals surface area (Å²) >= 11 is 0. The van der Waals surface area contributed by atoms with E-state index in [0.717, 1.165) is 5.56 Å². The second-order valence-electron chi connectivity index (χ2n) is 4.99. The van der Waals surface area contributed by atoms with Crippen LogP contribution in [-0.2, 0) is 21.6 Å². The summed E-state index contributed by atoms with van der Waals surface area (Å²) in [6, 6.07) is 9.01. The van der Waals surface area contributed by atoms with E-state index in [0.29, 0.717) is 19.4 Å². The zero-order valence-corrected chi connectivity index (χ0v) is 12.4. The van der Waals surface area contributed by atoms with E-state index < -0.39 is 16.3 Å². The average molecular weight is 313 g/mol. The van der Waals surface area contributed by atoms with Gasteiger partial charge in [-0.15, -0.1) is 0 Å². The minimum Gasteiger partial charge on any atom is -0.445 e. The number of piperidine rings is 1. The molecule has 1 aromatic carbocycles. The molecule has 7 nitrogen and oxygen atoms in total.